The molecule has 1 aliphatic heterocycles. The summed E-state index contributed by atoms with van der Waals surface area (Å²) in [5.74, 6) is 0.116. The third-order valence-corrected chi connectivity index (χ3v) is 6.15. The van der Waals surface area contributed by atoms with Crippen LogP contribution in [-0.2, 0) is 23.5 Å². The molecule has 5 nitrogen and oxygen atoms in total. The van der Waals surface area contributed by atoms with Crippen molar-refractivity contribution in [2.24, 2.45) is 7.05 Å². The van der Waals surface area contributed by atoms with Gasteiger partial charge in [-0.25, -0.2) is 13.1 Å². The number of hydrogen-bond donors (Lipinski definition) is 1. The molecule has 3 rings (SSSR count). The fourth-order valence-corrected chi connectivity index (χ4v) is 3.93. The van der Waals surface area contributed by atoms with Crippen molar-refractivity contribution in [3.8, 4) is 0 Å². The number of nitrogens with zero attached hydrogens (tertiary/aromatic N) is 2. The number of fused-ring (bicyclic) bond motifs is 1. The Morgan fingerprint density at radius 3 is 2.71 bits per heavy atom. The molecule has 0 atom stereocenters. The van der Waals surface area contributed by atoms with E-state index in [2.05, 4.69) is 52.7 Å². The first kappa shape index (κ1) is 17.2. The van der Waals surface area contributed by atoms with Gasteiger partial charge >= 0.3 is 0 Å². The van der Waals surface area contributed by atoms with Crippen molar-refractivity contribution in [2.75, 3.05) is 32.9 Å². The lowest BCUT2D eigenvalue weighted by Crippen LogP contribution is -2.23. The number of rotatable bonds is 5. The number of nitrogens with one attached hydrogen (secondary N) is 1. The van der Waals surface area contributed by atoms with Gasteiger partial charge in [-0.15, -0.1) is 0 Å². The molecule has 1 aromatic carbocycles. The van der Waals surface area contributed by atoms with Crippen LogP contribution >= 0.6 is 0 Å². The summed E-state index contributed by atoms with van der Waals surface area (Å²) in [5.41, 5.74) is 4.91. The molecule has 0 bridgehead atoms. The van der Waals surface area contributed by atoms with E-state index in [9.17, 15) is 8.42 Å². The van der Waals surface area contributed by atoms with Crippen LogP contribution in [0, 0.1) is 0 Å². The predicted octanol–water partition coefficient (Wildman–Crippen LogP) is 1.99. The van der Waals surface area contributed by atoms with Gasteiger partial charge in [0.2, 0.25) is 10.0 Å². The number of likely N-dealkylation sites (N-methyl/N-ethyl adjacent to an activating group) is 1. The lowest BCUT2D eigenvalue weighted by atomic mass is 9.98. The number of aromatic nitrogens is 1. The quantitative estimate of drug-likeness (QED) is 0.900. The predicted molar refractivity (Wildman–Crippen MR) is 99.6 cm³/mol. The lowest BCUT2D eigenvalue weighted by molar-refractivity contribution is 0.370. The standard InChI is InChI=1S/C18H25N3O2S/c1-19-24(22,23)11-8-14-4-5-18-16(12-14)17(13-21(18)3)15-6-9-20(2)10-7-15/h4-6,12-13,19H,7-11H2,1-3H3. The Balaban J connectivity index is 1.95. The lowest BCUT2D eigenvalue weighted by Gasteiger charge is -2.21. The Hall–Kier alpha value is -1.63. The summed E-state index contributed by atoms with van der Waals surface area (Å²) in [4.78, 5) is 2.31. The second-order valence-electron chi connectivity index (χ2n) is 6.52. The SMILES string of the molecule is CNS(=O)(=O)CCc1ccc2c(c1)c(C1=CCN(C)CC1)cn2C. The maximum Gasteiger partial charge on any atom is 0.211 e. The molecule has 0 unspecified atom stereocenters. The summed E-state index contributed by atoms with van der Waals surface area (Å²) in [7, 11) is 2.48. The molecular weight excluding hydrogens is 322 g/mol. The Morgan fingerprint density at radius 1 is 1.25 bits per heavy atom. The number of aryl methyl sites for hydroxylation is 2. The topological polar surface area (TPSA) is 54.3 Å². The van der Waals surface area contributed by atoms with E-state index in [0.29, 0.717) is 6.42 Å². The third kappa shape index (κ3) is 3.55. The van der Waals surface area contributed by atoms with Crippen LogP contribution in [-0.4, -0.2) is 50.8 Å². The molecule has 0 saturated carbocycles. The highest BCUT2D eigenvalue weighted by Crippen LogP contribution is 2.31. The summed E-state index contributed by atoms with van der Waals surface area (Å²) >= 11 is 0. The Bertz CT molecular complexity index is 881. The van der Waals surface area contributed by atoms with Crippen LogP contribution in [0.2, 0.25) is 0 Å². The average molecular weight is 347 g/mol. The molecule has 0 aliphatic carbocycles. The van der Waals surface area contributed by atoms with Crippen LogP contribution in [0.15, 0.2) is 30.5 Å². The molecular formula is C18H25N3O2S. The highest BCUT2D eigenvalue weighted by atomic mass is 32.2. The largest absolute Gasteiger partial charge is 0.350 e. The Labute approximate surface area is 144 Å². The zero-order valence-electron chi connectivity index (χ0n) is 14.5. The minimum atomic E-state index is -3.17. The number of sulfonamides is 1. The van der Waals surface area contributed by atoms with Crippen LogP contribution in [0.5, 0.6) is 0 Å². The van der Waals surface area contributed by atoms with Gasteiger partial charge in [0, 0.05) is 42.8 Å². The van der Waals surface area contributed by atoms with E-state index in [1.54, 1.807) is 0 Å². The minimum absolute atomic E-state index is 0.116. The van der Waals surface area contributed by atoms with Crippen LogP contribution < -0.4 is 4.72 Å². The molecule has 24 heavy (non-hydrogen) atoms. The summed E-state index contributed by atoms with van der Waals surface area (Å²) in [6, 6.07) is 6.27. The number of benzene rings is 1. The molecule has 1 N–H and O–H groups in total. The summed E-state index contributed by atoms with van der Waals surface area (Å²) in [6.07, 6.45) is 6.07. The first-order chi connectivity index (χ1) is 11.4. The molecule has 130 valence electrons. The normalized spacial score (nSPS) is 16.5. The first-order valence-electron chi connectivity index (χ1n) is 8.27. The van der Waals surface area contributed by atoms with E-state index < -0.39 is 10.0 Å². The van der Waals surface area contributed by atoms with Crippen molar-refractivity contribution in [1.29, 1.82) is 0 Å². The molecule has 0 saturated heterocycles. The van der Waals surface area contributed by atoms with Gasteiger partial charge in [-0.1, -0.05) is 12.1 Å². The molecule has 0 radical (unpaired) electrons. The van der Waals surface area contributed by atoms with Crippen LogP contribution in [0.1, 0.15) is 17.5 Å². The molecule has 0 spiro atoms. The second kappa shape index (κ2) is 6.70. The van der Waals surface area contributed by atoms with E-state index in [-0.39, 0.29) is 5.75 Å². The van der Waals surface area contributed by atoms with E-state index in [1.807, 2.05) is 6.07 Å². The zero-order chi connectivity index (χ0) is 17.3. The maximum atomic E-state index is 11.7. The fraction of sp³-hybridized carbons (Fsp3) is 0.444. The molecule has 1 aliphatic rings. The minimum Gasteiger partial charge on any atom is -0.350 e. The number of hydrogen-bond acceptors (Lipinski definition) is 3. The molecule has 2 heterocycles. The second-order valence-corrected chi connectivity index (χ2v) is 8.57. The molecule has 0 amide bonds. The van der Waals surface area contributed by atoms with Gasteiger partial charge in [-0.3, -0.25) is 0 Å². The maximum absolute atomic E-state index is 11.7. The van der Waals surface area contributed by atoms with Crippen molar-refractivity contribution >= 4 is 26.5 Å². The fourth-order valence-electron chi connectivity index (χ4n) is 3.22. The highest BCUT2D eigenvalue weighted by molar-refractivity contribution is 7.89. The van der Waals surface area contributed by atoms with Gasteiger partial charge < -0.3 is 9.47 Å². The monoisotopic (exact) mass is 347 g/mol. The van der Waals surface area contributed by atoms with E-state index in [0.717, 1.165) is 25.1 Å². The molecule has 0 fully saturated rings. The molecule has 2 aromatic rings. The van der Waals surface area contributed by atoms with E-state index >= 15 is 0 Å². The average Bonchev–Trinajstić information content (AvgIpc) is 2.90. The van der Waals surface area contributed by atoms with Crippen LogP contribution in [0.25, 0.3) is 16.5 Å². The zero-order valence-corrected chi connectivity index (χ0v) is 15.4. The van der Waals surface area contributed by atoms with Gasteiger partial charge in [0.1, 0.15) is 0 Å². The first-order valence-corrected chi connectivity index (χ1v) is 9.92. The third-order valence-electron chi connectivity index (χ3n) is 4.78. The van der Waals surface area contributed by atoms with Gasteiger partial charge in [0.15, 0.2) is 0 Å². The molecule has 1 aromatic heterocycles. The van der Waals surface area contributed by atoms with Crippen molar-refractivity contribution < 1.29 is 8.42 Å². The van der Waals surface area contributed by atoms with Gasteiger partial charge in [-0.2, -0.15) is 0 Å². The van der Waals surface area contributed by atoms with Crippen LogP contribution in [0.4, 0.5) is 0 Å². The van der Waals surface area contributed by atoms with Crippen LogP contribution in [0.3, 0.4) is 0 Å². The van der Waals surface area contributed by atoms with Gasteiger partial charge in [0.05, 0.1) is 5.75 Å². The smallest absolute Gasteiger partial charge is 0.211 e. The van der Waals surface area contributed by atoms with Crippen molar-refractivity contribution in [3.63, 3.8) is 0 Å². The van der Waals surface area contributed by atoms with E-state index in [4.69, 9.17) is 0 Å². The summed E-state index contributed by atoms with van der Waals surface area (Å²) < 4.78 is 27.8. The van der Waals surface area contributed by atoms with Gasteiger partial charge in [-0.05, 0) is 50.2 Å². The van der Waals surface area contributed by atoms with Crippen molar-refractivity contribution in [1.82, 2.24) is 14.2 Å². The molecule has 6 heteroatoms. The Kier molecular flexibility index (Phi) is 4.80. The van der Waals surface area contributed by atoms with E-state index in [1.165, 1.54) is 29.1 Å². The van der Waals surface area contributed by atoms with Gasteiger partial charge in [0.25, 0.3) is 0 Å². The Morgan fingerprint density at radius 2 is 2.04 bits per heavy atom. The van der Waals surface area contributed by atoms with Crippen molar-refractivity contribution in [2.45, 2.75) is 12.8 Å². The van der Waals surface area contributed by atoms with Crippen molar-refractivity contribution in [3.05, 3.63) is 41.6 Å². The summed E-state index contributed by atoms with van der Waals surface area (Å²) in [5, 5.41) is 1.22. The summed E-state index contributed by atoms with van der Waals surface area (Å²) in [6.45, 7) is 2.05. The highest BCUT2D eigenvalue weighted by Gasteiger charge is 2.15.